The fourth-order valence-electron chi connectivity index (χ4n) is 2.84. The lowest BCUT2D eigenvalue weighted by molar-refractivity contribution is 0.0635. The highest BCUT2D eigenvalue weighted by molar-refractivity contribution is 6.29. The molecule has 0 aliphatic heterocycles. The number of amides is 1. The highest BCUT2D eigenvalue weighted by Gasteiger charge is 2.31. The zero-order chi connectivity index (χ0) is 15.6. The Morgan fingerprint density at radius 1 is 1.43 bits per heavy atom. The monoisotopic (exact) mass is 310 g/mol. The van der Waals surface area contributed by atoms with Crippen LogP contribution in [0.1, 0.15) is 49.9 Å². The average Bonchev–Trinajstić information content (AvgIpc) is 2.45. The summed E-state index contributed by atoms with van der Waals surface area (Å²) in [6.07, 6.45) is 4.36. The minimum atomic E-state index is -0.0412. The third-order valence-electron chi connectivity index (χ3n) is 4.37. The molecule has 21 heavy (non-hydrogen) atoms. The van der Waals surface area contributed by atoms with Gasteiger partial charge in [0, 0.05) is 18.7 Å². The number of rotatable bonds is 3. The lowest BCUT2D eigenvalue weighted by Gasteiger charge is -2.38. The Bertz CT molecular complexity index is 522. The second-order valence-corrected chi connectivity index (χ2v) is 6.91. The molecule has 1 aromatic heterocycles. The van der Waals surface area contributed by atoms with E-state index >= 15 is 0 Å². The number of nitrogens with zero attached hydrogens (tertiary/aromatic N) is 2. The second kappa shape index (κ2) is 6.20. The molecule has 0 radical (unpaired) electrons. The van der Waals surface area contributed by atoms with Crippen molar-refractivity contribution in [3.8, 4) is 0 Å². The number of nitrogens with two attached hydrogens (primary N) is 1. The fourth-order valence-corrected chi connectivity index (χ4v) is 3.04. The van der Waals surface area contributed by atoms with Gasteiger partial charge >= 0.3 is 0 Å². The number of anilines is 1. The maximum Gasteiger partial charge on any atom is 0.254 e. The maximum atomic E-state index is 12.6. The number of halogens is 1. The number of hydrogen-bond donors (Lipinski definition) is 2. The quantitative estimate of drug-likeness (QED) is 0.511. The van der Waals surface area contributed by atoms with E-state index in [1.807, 2.05) is 11.9 Å². The first-order valence-electron chi connectivity index (χ1n) is 7.24. The summed E-state index contributed by atoms with van der Waals surface area (Å²) in [5.74, 6) is 5.69. The second-order valence-electron chi connectivity index (χ2n) is 6.52. The van der Waals surface area contributed by atoms with Crippen LogP contribution < -0.4 is 11.3 Å². The first-order chi connectivity index (χ1) is 9.82. The standard InChI is InChI=1S/C15H23ClN4O/c1-15(2)6-4-11(5-7-15)20(3)14(21)10-8-12(16)18-13(9-10)19-17/h8-9,11H,4-7,17H2,1-3H3,(H,18,19). The molecule has 3 N–H and O–H groups in total. The molecule has 1 aromatic rings. The van der Waals surface area contributed by atoms with Gasteiger partial charge in [-0.1, -0.05) is 25.4 Å². The van der Waals surface area contributed by atoms with E-state index in [1.54, 1.807) is 12.1 Å². The van der Waals surface area contributed by atoms with Gasteiger partial charge in [-0.3, -0.25) is 4.79 Å². The van der Waals surface area contributed by atoms with Crippen LogP contribution in [0.5, 0.6) is 0 Å². The van der Waals surface area contributed by atoms with Crippen molar-refractivity contribution in [2.24, 2.45) is 11.3 Å². The highest BCUT2D eigenvalue weighted by atomic mass is 35.5. The molecule has 1 aliphatic carbocycles. The van der Waals surface area contributed by atoms with Crippen molar-refractivity contribution in [1.82, 2.24) is 9.88 Å². The van der Waals surface area contributed by atoms with Gasteiger partial charge in [-0.25, -0.2) is 10.8 Å². The van der Waals surface area contributed by atoms with Crippen molar-refractivity contribution in [3.05, 3.63) is 22.8 Å². The molecule has 6 heteroatoms. The summed E-state index contributed by atoms with van der Waals surface area (Å²) >= 11 is 5.92. The largest absolute Gasteiger partial charge is 0.339 e. The third-order valence-corrected chi connectivity index (χ3v) is 4.56. The van der Waals surface area contributed by atoms with Crippen LogP contribution in [0.3, 0.4) is 0 Å². The van der Waals surface area contributed by atoms with E-state index in [1.165, 1.54) is 0 Å². The molecule has 1 heterocycles. The predicted molar refractivity (Wildman–Crippen MR) is 85.2 cm³/mol. The zero-order valence-electron chi connectivity index (χ0n) is 12.8. The lowest BCUT2D eigenvalue weighted by atomic mass is 9.75. The topological polar surface area (TPSA) is 71.2 Å². The van der Waals surface area contributed by atoms with E-state index in [0.717, 1.165) is 25.7 Å². The van der Waals surface area contributed by atoms with Crippen LogP contribution in [0.4, 0.5) is 5.82 Å². The summed E-state index contributed by atoms with van der Waals surface area (Å²) in [5, 5.41) is 0.256. The smallest absolute Gasteiger partial charge is 0.254 e. The Hall–Kier alpha value is -1.33. The molecule has 116 valence electrons. The van der Waals surface area contributed by atoms with Gasteiger partial charge in [0.2, 0.25) is 0 Å². The number of hydrogen-bond acceptors (Lipinski definition) is 4. The molecule has 0 bridgehead atoms. The van der Waals surface area contributed by atoms with Crippen LogP contribution >= 0.6 is 11.6 Å². The lowest BCUT2D eigenvalue weighted by Crippen LogP contribution is -2.40. The molecule has 1 saturated carbocycles. The van der Waals surface area contributed by atoms with E-state index in [0.29, 0.717) is 16.8 Å². The van der Waals surface area contributed by atoms with Gasteiger partial charge in [-0.15, -0.1) is 0 Å². The van der Waals surface area contributed by atoms with Crippen LogP contribution in [0, 0.1) is 5.41 Å². The highest BCUT2D eigenvalue weighted by Crippen LogP contribution is 2.36. The number of hydrazine groups is 1. The third kappa shape index (κ3) is 3.86. The maximum absolute atomic E-state index is 12.6. The van der Waals surface area contributed by atoms with Crippen LogP contribution in [0.25, 0.3) is 0 Å². The van der Waals surface area contributed by atoms with E-state index in [4.69, 9.17) is 17.4 Å². The number of carbonyl (C=O) groups is 1. The number of nitrogen functional groups attached to an aromatic ring is 1. The summed E-state index contributed by atoms with van der Waals surface area (Å²) < 4.78 is 0. The Morgan fingerprint density at radius 2 is 2.05 bits per heavy atom. The summed E-state index contributed by atoms with van der Waals surface area (Å²) in [6, 6.07) is 3.48. The summed E-state index contributed by atoms with van der Waals surface area (Å²) in [6.45, 7) is 4.57. The van der Waals surface area contributed by atoms with Crippen LogP contribution in [0.15, 0.2) is 12.1 Å². The van der Waals surface area contributed by atoms with E-state index < -0.39 is 0 Å². The van der Waals surface area contributed by atoms with E-state index in [2.05, 4.69) is 24.3 Å². The van der Waals surface area contributed by atoms with Gasteiger partial charge in [-0.2, -0.15) is 0 Å². The van der Waals surface area contributed by atoms with Gasteiger partial charge in [0.15, 0.2) is 0 Å². The summed E-state index contributed by atoms with van der Waals surface area (Å²) in [5.41, 5.74) is 3.32. The number of aromatic nitrogens is 1. The van der Waals surface area contributed by atoms with Crippen molar-refractivity contribution >= 4 is 23.3 Å². The number of nitrogens with one attached hydrogen (secondary N) is 1. The minimum Gasteiger partial charge on any atom is -0.339 e. The Labute approximate surface area is 130 Å². The van der Waals surface area contributed by atoms with E-state index in [-0.39, 0.29) is 17.1 Å². The summed E-state index contributed by atoms with van der Waals surface area (Å²) in [7, 11) is 1.86. The van der Waals surface area contributed by atoms with Gasteiger partial charge in [0.25, 0.3) is 5.91 Å². The van der Waals surface area contributed by atoms with Crippen molar-refractivity contribution in [2.45, 2.75) is 45.6 Å². The molecule has 2 rings (SSSR count). The minimum absolute atomic E-state index is 0.0412. The van der Waals surface area contributed by atoms with Gasteiger partial charge in [0.05, 0.1) is 0 Å². The Balaban J connectivity index is 2.11. The van der Waals surface area contributed by atoms with Crippen molar-refractivity contribution in [1.29, 1.82) is 0 Å². The molecule has 0 atom stereocenters. The zero-order valence-corrected chi connectivity index (χ0v) is 13.6. The normalized spacial score (nSPS) is 18.3. The van der Waals surface area contributed by atoms with Gasteiger partial charge in [0.1, 0.15) is 11.0 Å². The fraction of sp³-hybridized carbons (Fsp3) is 0.600. The van der Waals surface area contributed by atoms with Crippen LogP contribution in [0.2, 0.25) is 5.15 Å². The number of carbonyl (C=O) groups excluding carboxylic acids is 1. The molecule has 0 unspecified atom stereocenters. The molecule has 5 nitrogen and oxygen atoms in total. The summed E-state index contributed by atoms with van der Waals surface area (Å²) in [4.78, 5) is 18.4. The molecule has 1 fully saturated rings. The van der Waals surface area contributed by atoms with Gasteiger partial charge < -0.3 is 10.3 Å². The van der Waals surface area contributed by atoms with Crippen molar-refractivity contribution < 1.29 is 4.79 Å². The molecule has 0 spiro atoms. The average molecular weight is 311 g/mol. The van der Waals surface area contributed by atoms with Gasteiger partial charge in [-0.05, 0) is 43.2 Å². The molecule has 1 amide bonds. The molecular formula is C15H23ClN4O. The van der Waals surface area contributed by atoms with E-state index in [9.17, 15) is 4.79 Å². The van der Waals surface area contributed by atoms with Crippen molar-refractivity contribution in [2.75, 3.05) is 12.5 Å². The molecule has 0 saturated heterocycles. The van der Waals surface area contributed by atoms with Crippen LogP contribution in [-0.2, 0) is 0 Å². The Morgan fingerprint density at radius 3 is 2.62 bits per heavy atom. The van der Waals surface area contributed by atoms with Crippen LogP contribution in [-0.4, -0.2) is 28.9 Å². The first kappa shape index (κ1) is 16.0. The SMILES string of the molecule is CN(C(=O)c1cc(Cl)nc(NN)c1)C1CCC(C)(C)CC1. The van der Waals surface area contributed by atoms with Crippen molar-refractivity contribution in [3.63, 3.8) is 0 Å². The predicted octanol–water partition coefficient (Wildman–Crippen LogP) is 3.06. The molecule has 1 aliphatic rings. The molecular weight excluding hydrogens is 288 g/mol. The first-order valence-corrected chi connectivity index (χ1v) is 7.61. The Kier molecular flexibility index (Phi) is 4.74. The number of pyridine rings is 1. The molecule has 0 aromatic carbocycles.